The maximum absolute atomic E-state index is 12.9. The number of hydrogen-bond donors (Lipinski definition) is 1. The molecule has 0 radical (unpaired) electrons. The minimum atomic E-state index is -0.945. The molecule has 2 aromatic rings. The Morgan fingerprint density at radius 3 is 2.18 bits per heavy atom. The number of benzene rings is 1. The number of H-pyrrole nitrogens is 1. The first-order valence-electron chi connectivity index (χ1n) is 9.68. The number of aromatic nitrogens is 1. The van der Waals surface area contributed by atoms with Crippen LogP contribution in [0.2, 0.25) is 0 Å². The van der Waals surface area contributed by atoms with Gasteiger partial charge in [0, 0.05) is 11.3 Å². The molecule has 1 aromatic carbocycles. The van der Waals surface area contributed by atoms with E-state index >= 15 is 0 Å². The molecule has 1 N–H and O–H groups in total. The first-order chi connectivity index (χ1) is 13.2. The lowest BCUT2D eigenvalue weighted by atomic mass is 9.85. The zero-order chi connectivity index (χ0) is 21.0. The van der Waals surface area contributed by atoms with E-state index < -0.39 is 18.0 Å². The molecule has 3 atom stereocenters. The van der Waals surface area contributed by atoms with Crippen molar-refractivity contribution in [3.8, 4) is 0 Å². The highest BCUT2D eigenvalue weighted by Crippen LogP contribution is 2.29. The van der Waals surface area contributed by atoms with Crippen LogP contribution in [0, 0.1) is 19.8 Å². The van der Waals surface area contributed by atoms with E-state index in [9.17, 15) is 14.4 Å². The Morgan fingerprint density at radius 1 is 1.07 bits per heavy atom. The van der Waals surface area contributed by atoms with Crippen molar-refractivity contribution in [2.24, 2.45) is 5.92 Å². The molecule has 2 rings (SSSR count). The van der Waals surface area contributed by atoms with Crippen molar-refractivity contribution < 1.29 is 19.1 Å². The number of esters is 1. The number of carbonyl (C=O) groups is 3. The quantitative estimate of drug-likeness (QED) is 0.526. The predicted molar refractivity (Wildman–Crippen MR) is 109 cm³/mol. The topological polar surface area (TPSA) is 76.2 Å². The smallest absolute Gasteiger partial charge is 0.314 e. The standard InChI is InChI=1S/C23H29NO4/c1-7-13(2)19(18-11-9-8-10-12-18)23(27)28-17(6)22(26)21-14(3)20(16(5)25)15(4)24-21/h8-13,17,19,24H,7H2,1-6H3/t13-,17+,19-/m1/s1. The Hall–Kier alpha value is -2.69. The van der Waals surface area contributed by atoms with Gasteiger partial charge >= 0.3 is 5.97 Å². The molecule has 0 spiro atoms. The fourth-order valence-corrected chi connectivity index (χ4v) is 3.62. The minimum Gasteiger partial charge on any atom is -0.454 e. The highest BCUT2D eigenvalue weighted by Gasteiger charge is 2.31. The largest absolute Gasteiger partial charge is 0.454 e. The second kappa shape index (κ2) is 9.00. The van der Waals surface area contributed by atoms with Gasteiger partial charge in [-0.2, -0.15) is 0 Å². The van der Waals surface area contributed by atoms with Crippen LogP contribution in [0.5, 0.6) is 0 Å². The molecule has 0 bridgehead atoms. The highest BCUT2D eigenvalue weighted by atomic mass is 16.5. The number of rotatable bonds is 8. The Morgan fingerprint density at radius 2 is 1.68 bits per heavy atom. The molecule has 0 saturated carbocycles. The average molecular weight is 383 g/mol. The number of ketones is 2. The summed E-state index contributed by atoms with van der Waals surface area (Å²) in [5.41, 5.74) is 2.96. The molecule has 1 heterocycles. The van der Waals surface area contributed by atoms with E-state index in [-0.39, 0.29) is 17.5 Å². The van der Waals surface area contributed by atoms with E-state index in [2.05, 4.69) is 4.98 Å². The lowest BCUT2D eigenvalue weighted by Gasteiger charge is -2.23. The molecule has 0 aliphatic heterocycles. The van der Waals surface area contributed by atoms with Crippen LogP contribution in [0.3, 0.4) is 0 Å². The van der Waals surface area contributed by atoms with Crippen molar-refractivity contribution in [1.29, 1.82) is 0 Å². The number of hydrogen-bond acceptors (Lipinski definition) is 4. The van der Waals surface area contributed by atoms with Gasteiger partial charge in [-0.25, -0.2) is 0 Å². The van der Waals surface area contributed by atoms with Crippen molar-refractivity contribution in [2.75, 3.05) is 0 Å². The second-order valence-electron chi connectivity index (χ2n) is 7.40. The van der Waals surface area contributed by atoms with Gasteiger partial charge in [-0.15, -0.1) is 0 Å². The van der Waals surface area contributed by atoms with Crippen LogP contribution in [-0.2, 0) is 9.53 Å². The van der Waals surface area contributed by atoms with Crippen molar-refractivity contribution in [1.82, 2.24) is 4.98 Å². The predicted octanol–water partition coefficient (Wildman–Crippen LogP) is 4.78. The average Bonchev–Trinajstić information content (AvgIpc) is 2.96. The minimum absolute atomic E-state index is 0.0796. The van der Waals surface area contributed by atoms with E-state index in [1.807, 2.05) is 44.2 Å². The molecule has 0 saturated heterocycles. The third kappa shape index (κ3) is 4.41. The molecule has 0 fully saturated rings. The van der Waals surface area contributed by atoms with Gasteiger partial charge in [-0.3, -0.25) is 14.4 Å². The summed E-state index contributed by atoms with van der Waals surface area (Å²) >= 11 is 0. The number of nitrogens with one attached hydrogen (secondary N) is 1. The van der Waals surface area contributed by atoms with Crippen LogP contribution in [-0.4, -0.2) is 28.6 Å². The Balaban J connectivity index is 2.24. The van der Waals surface area contributed by atoms with Crippen LogP contribution in [0.15, 0.2) is 30.3 Å². The molecular formula is C23H29NO4. The fraction of sp³-hybridized carbons (Fsp3) is 0.435. The normalized spacial score (nSPS) is 14.2. The summed E-state index contributed by atoms with van der Waals surface area (Å²) in [4.78, 5) is 40.6. The van der Waals surface area contributed by atoms with E-state index in [0.29, 0.717) is 22.5 Å². The molecule has 150 valence electrons. The lowest BCUT2D eigenvalue weighted by Crippen LogP contribution is -2.30. The summed E-state index contributed by atoms with van der Waals surface area (Å²) in [6.07, 6.45) is -0.132. The summed E-state index contributed by atoms with van der Waals surface area (Å²) in [6.45, 7) is 10.6. The van der Waals surface area contributed by atoms with Crippen molar-refractivity contribution in [2.45, 2.75) is 60.0 Å². The fourth-order valence-electron chi connectivity index (χ4n) is 3.62. The third-order valence-corrected chi connectivity index (χ3v) is 5.32. The van der Waals surface area contributed by atoms with Gasteiger partial charge in [0.1, 0.15) is 0 Å². The number of ether oxygens (including phenoxy) is 1. The molecule has 0 amide bonds. The first-order valence-corrected chi connectivity index (χ1v) is 9.68. The number of aromatic amines is 1. The van der Waals surface area contributed by atoms with Crippen LogP contribution in [0.1, 0.15) is 77.7 Å². The first kappa shape index (κ1) is 21.6. The molecule has 28 heavy (non-hydrogen) atoms. The van der Waals surface area contributed by atoms with E-state index in [4.69, 9.17) is 4.74 Å². The van der Waals surface area contributed by atoms with E-state index in [1.165, 1.54) is 6.92 Å². The monoisotopic (exact) mass is 383 g/mol. The maximum Gasteiger partial charge on any atom is 0.314 e. The number of aryl methyl sites for hydroxylation is 1. The number of carbonyl (C=O) groups excluding carboxylic acids is 3. The van der Waals surface area contributed by atoms with Crippen LogP contribution in [0.25, 0.3) is 0 Å². The maximum atomic E-state index is 12.9. The zero-order valence-corrected chi connectivity index (χ0v) is 17.5. The van der Waals surface area contributed by atoms with E-state index in [1.54, 1.807) is 20.8 Å². The number of Topliss-reactive ketones (excluding diaryl/α,β-unsaturated/α-hetero) is 2. The Kier molecular flexibility index (Phi) is 6.95. The van der Waals surface area contributed by atoms with Crippen molar-refractivity contribution in [3.05, 3.63) is 58.4 Å². The van der Waals surface area contributed by atoms with Gasteiger partial charge < -0.3 is 9.72 Å². The molecule has 0 aliphatic rings. The van der Waals surface area contributed by atoms with Gasteiger partial charge in [-0.1, -0.05) is 50.6 Å². The lowest BCUT2D eigenvalue weighted by molar-refractivity contribution is -0.149. The molecular weight excluding hydrogens is 354 g/mol. The zero-order valence-electron chi connectivity index (χ0n) is 17.5. The summed E-state index contributed by atoms with van der Waals surface area (Å²) in [5, 5.41) is 0. The van der Waals surface area contributed by atoms with Crippen molar-refractivity contribution >= 4 is 17.5 Å². The second-order valence-corrected chi connectivity index (χ2v) is 7.40. The summed E-state index contributed by atoms with van der Waals surface area (Å²) in [5.74, 6) is -1.20. The summed E-state index contributed by atoms with van der Waals surface area (Å²) in [6, 6.07) is 9.49. The van der Waals surface area contributed by atoms with Gasteiger partial charge in [0.2, 0.25) is 5.78 Å². The van der Waals surface area contributed by atoms with Gasteiger partial charge in [0.15, 0.2) is 11.9 Å². The Labute approximate surface area is 166 Å². The molecule has 5 nitrogen and oxygen atoms in total. The summed E-state index contributed by atoms with van der Waals surface area (Å²) in [7, 11) is 0. The van der Waals surface area contributed by atoms with Crippen LogP contribution >= 0.6 is 0 Å². The van der Waals surface area contributed by atoms with E-state index in [0.717, 1.165) is 12.0 Å². The Bertz CT molecular complexity index is 866. The van der Waals surface area contributed by atoms with Gasteiger partial charge in [-0.05, 0) is 44.7 Å². The molecule has 0 unspecified atom stereocenters. The summed E-state index contributed by atoms with van der Waals surface area (Å²) < 4.78 is 5.58. The van der Waals surface area contributed by atoms with Crippen LogP contribution in [0.4, 0.5) is 0 Å². The highest BCUT2D eigenvalue weighted by molar-refractivity contribution is 6.05. The van der Waals surface area contributed by atoms with Crippen molar-refractivity contribution in [3.63, 3.8) is 0 Å². The third-order valence-electron chi connectivity index (χ3n) is 5.32. The van der Waals surface area contributed by atoms with Gasteiger partial charge in [0.25, 0.3) is 0 Å². The molecule has 5 heteroatoms. The molecule has 0 aliphatic carbocycles. The van der Waals surface area contributed by atoms with Crippen LogP contribution < -0.4 is 0 Å². The molecule has 1 aromatic heterocycles. The SMILES string of the molecule is CC[C@@H](C)[C@@H](C(=O)O[C@@H](C)C(=O)c1[nH]c(C)c(C(C)=O)c1C)c1ccccc1. The van der Waals surface area contributed by atoms with Gasteiger partial charge in [0.05, 0.1) is 11.6 Å².